The molecule has 206 valence electrons. The lowest BCUT2D eigenvalue weighted by atomic mass is 10.0. The van der Waals surface area contributed by atoms with Gasteiger partial charge in [0.05, 0.1) is 35.7 Å². The molecular weight excluding hydrogens is 518 g/mol. The standard InChI is InChI=1S/C33H29N3O5/c1-3-40-32(38)17-14-25-19-24(20-26(21-25)15-18-33(39)41-4-2)13-16-31(37)36(29-11-7-5-9-27(29)22-34)30-12-8-6-10-28(30)23-35/h5-12,14-15,17-21H,3-4,13,16H2,1-2H3/b17-14+,18-15+. The van der Waals surface area contributed by atoms with Crippen molar-refractivity contribution in [3.63, 3.8) is 0 Å². The van der Waals surface area contributed by atoms with Crippen LogP contribution in [0.15, 0.2) is 78.9 Å². The fraction of sp³-hybridized carbons (Fsp3) is 0.182. The van der Waals surface area contributed by atoms with Crippen molar-refractivity contribution in [1.82, 2.24) is 0 Å². The van der Waals surface area contributed by atoms with E-state index in [1.54, 1.807) is 80.6 Å². The van der Waals surface area contributed by atoms with Crippen molar-refractivity contribution in [3.8, 4) is 12.1 Å². The van der Waals surface area contributed by atoms with Crippen LogP contribution in [0.25, 0.3) is 12.2 Å². The van der Waals surface area contributed by atoms with E-state index in [2.05, 4.69) is 12.1 Å². The molecule has 0 aliphatic heterocycles. The van der Waals surface area contributed by atoms with Gasteiger partial charge in [0.1, 0.15) is 12.1 Å². The van der Waals surface area contributed by atoms with E-state index in [1.807, 2.05) is 12.1 Å². The van der Waals surface area contributed by atoms with Crippen LogP contribution in [0.4, 0.5) is 11.4 Å². The van der Waals surface area contributed by atoms with Crippen LogP contribution >= 0.6 is 0 Å². The molecular formula is C33H29N3O5. The first-order valence-electron chi connectivity index (χ1n) is 13.0. The smallest absolute Gasteiger partial charge is 0.330 e. The zero-order valence-electron chi connectivity index (χ0n) is 22.9. The van der Waals surface area contributed by atoms with Gasteiger partial charge in [-0.05, 0) is 79.4 Å². The molecule has 3 aromatic carbocycles. The molecule has 0 radical (unpaired) electrons. The van der Waals surface area contributed by atoms with Crippen LogP contribution in [0.1, 0.15) is 48.1 Å². The van der Waals surface area contributed by atoms with E-state index < -0.39 is 11.9 Å². The van der Waals surface area contributed by atoms with Crippen LogP contribution in [0, 0.1) is 22.7 Å². The molecule has 1 amide bonds. The first-order chi connectivity index (χ1) is 19.9. The zero-order valence-corrected chi connectivity index (χ0v) is 22.9. The monoisotopic (exact) mass is 547 g/mol. The quantitative estimate of drug-likeness (QED) is 0.217. The lowest BCUT2D eigenvalue weighted by Crippen LogP contribution is -2.27. The summed E-state index contributed by atoms with van der Waals surface area (Å²) in [5.41, 5.74) is 3.48. The predicted octanol–water partition coefficient (Wildman–Crippen LogP) is 5.88. The highest BCUT2D eigenvalue weighted by Crippen LogP contribution is 2.32. The third-order valence-electron chi connectivity index (χ3n) is 5.84. The number of amides is 1. The minimum Gasteiger partial charge on any atom is -0.463 e. The summed E-state index contributed by atoms with van der Waals surface area (Å²) in [5.74, 6) is -1.29. The second-order valence-electron chi connectivity index (χ2n) is 8.67. The van der Waals surface area contributed by atoms with Gasteiger partial charge in [0.25, 0.3) is 0 Å². The van der Waals surface area contributed by atoms with Crippen molar-refractivity contribution < 1.29 is 23.9 Å². The Labute approximate surface area is 239 Å². The number of carbonyl (C=O) groups is 3. The van der Waals surface area contributed by atoms with Gasteiger partial charge in [-0.2, -0.15) is 10.5 Å². The van der Waals surface area contributed by atoms with Gasteiger partial charge in [0.2, 0.25) is 5.91 Å². The van der Waals surface area contributed by atoms with Gasteiger partial charge in [-0.15, -0.1) is 0 Å². The number of nitriles is 2. The van der Waals surface area contributed by atoms with Crippen LogP contribution in [-0.4, -0.2) is 31.1 Å². The van der Waals surface area contributed by atoms with E-state index >= 15 is 0 Å². The summed E-state index contributed by atoms with van der Waals surface area (Å²) in [6.45, 7) is 3.93. The first kappa shape index (κ1) is 30.1. The molecule has 0 fully saturated rings. The third-order valence-corrected chi connectivity index (χ3v) is 5.84. The summed E-state index contributed by atoms with van der Waals surface area (Å²) >= 11 is 0. The minimum atomic E-state index is -0.486. The maximum Gasteiger partial charge on any atom is 0.330 e. The fourth-order valence-electron chi connectivity index (χ4n) is 4.08. The van der Waals surface area contributed by atoms with Crippen LogP contribution in [0.3, 0.4) is 0 Å². The Morgan fingerprint density at radius 1 is 0.756 bits per heavy atom. The number of rotatable bonds is 11. The van der Waals surface area contributed by atoms with E-state index in [-0.39, 0.29) is 25.5 Å². The second kappa shape index (κ2) is 15.2. The molecule has 0 unspecified atom stereocenters. The van der Waals surface area contributed by atoms with Gasteiger partial charge in [-0.25, -0.2) is 9.59 Å². The number of ether oxygens (including phenoxy) is 2. The van der Waals surface area contributed by atoms with E-state index in [1.165, 1.54) is 17.1 Å². The normalized spacial score (nSPS) is 10.6. The van der Waals surface area contributed by atoms with Crippen molar-refractivity contribution in [2.75, 3.05) is 18.1 Å². The Hall–Kier alpha value is -5.47. The average Bonchev–Trinajstić information content (AvgIpc) is 2.99. The van der Waals surface area contributed by atoms with E-state index in [9.17, 15) is 24.9 Å². The van der Waals surface area contributed by atoms with Gasteiger partial charge in [-0.1, -0.05) is 36.4 Å². The number of aryl methyl sites for hydroxylation is 1. The predicted molar refractivity (Wildman–Crippen MR) is 156 cm³/mol. The molecule has 0 saturated carbocycles. The molecule has 0 aromatic heterocycles. The zero-order chi connectivity index (χ0) is 29.6. The molecule has 0 heterocycles. The van der Waals surface area contributed by atoms with Gasteiger partial charge in [0, 0.05) is 18.6 Å². The van der Waals surface area contributed by atoms with Crippen molar-refractivity contribution in [3.05, 3.63) is 107 Å². The van der Waals surface area contributed by atoms with Crippen LogP contribution in [0.5, 0.6) is 0 Å². The Balaban J connectivity index is 1.96. The van der Waals surface area contributed by atoms with Crippen molar-refractivity contribution in [2.45, 2.75) is 26.7 Å². The number of para-hydroxylation sites is 2. The molecule has 8 heteroatoms. The Kier molecular flexibility index (Phi) is 11.2. The Morgan fingerprint density at radius 2 is 1.22 bits per heavy atom. The number of esters is 2. The molecule has 0 N–H and O–H groups in total. The summed E-state index contributed by atoms with van der Waals surface area (Å²) in [6.07, 6.45) is 6.18. The van der Waals surface area contributed by atoms with Gasteiger partial charge in [0.15, 0.2) is 0 Å². The van der Waals surface area contributed by atoms with E-state index in [0.29, 0.717) is 40.0 Å². The van der Waals surface area contributed by atoms with Crippen LogP contribution < -0.4 is 4.90 Å². The van der Waals surface area contributed by atoms with Crippen LogP contribution in [0.2, 0.25) is 0 Å². The minimum absolute atomic E-state index is 0.0472. The van der Waals surface area contributed by atoms with Gasteiger partial charge >= 0.3 is 11.9 Å². The Morgan fingerprint density at radius 3 is 1.66 bits per heavy atom. The van der Waals surface area contributed by atoms with E-state index in [4.69, 9.17) is 9.47 Å². The molecule has 0 atom stereocenters. The van der Waals surface area contributed by atoms with Crippen molar-refractivity contribution in [2.24, 2.45) is 0 Å². The average molecular weight is 548 g/mol. The Bertz CT molecular complexity index is 1460. The highest BCUT2D eigenvalue weighted by molar-refractivity contribution is 6.03. The lowest BCUT2D eigenvalue weighted by Gasteiger charge is -2.25. The highest BCUT2D eigenvalue weighted by atomic mass is 16.5. The summed E-state index contributed by atoms with van der Waals surface area (Å²) in [6, 6.07) is 23.2. The summed E-state index contributed by atoms with van der Waals surface area (Å²) in [4.78, 5) is 38.9. The number of hydrogen-bond donors (Lipinski definition) is 0. The summed E-state index contributed by atoms with van der Waals surface area (Å²) in [5, 5.41) is 19.4. The number of nitrogens with zero attached hydrogens (tertiary/aromatic N) is 3. The number of benzene rings is 3. The van der Waals surface area contributed by atoms with Crippen molar-refractivity contribution >= 4 is 41.4 Å². The lowest BCUT2D eigenvalue weighted by molar-refractivity contribution is -0.138. The molecule has 0 bridgehead atoms. The third kappa shape index (κ3) is 8.51. The van der Waals surface area contributed by atoms with Crippen LogP contribution in [-0.2, 0) is 30.3 Å². The SMILES string of the molecule is CCOC(=O)/C=C/c1cc(/C=C/C(=O)OCC)cc(CCC(=O)N(c2ccccc2C#N)c2ccccc2C#N)c1. The van der Waals surface area contributed by atoms with E-state index in [0.717, 1.165) is 5.56 Å². The number of carbonyl (C=O) groups excluding carboxylic acids is 3. The van der Waals surface area contributed by atoms with Gasteiger partial charge < -0.3 is 9.47 Å². The largest absolute Gasteiger partial charge is 0.463 e. The first-order valence-corrected chi connectivity index (χ1v) is 13.0. The molecule has 0 aliphatic rings. The molecule has 41 heavy (non-hydrogen) atoms. The van der Waals surface area contributed by atoms with Gasteiger partial charge in [-0.3, -0.25) is 9.69 Å². The maximum atomic E-state index is 13.8. The second-order valence-corrected chi connectivity index (χ2v) is 8.67. The molecule has 0 saturated heterocycles. The molecule has 3 aromatic rings. The molecule has 0 aliphatic carbocycles. The highest BCUT2D eigenvalue weighted by Gasteiger charge is 2.23. The van der Waals surface area contributed by atoms with Crippen molar-refractivity contribution in [1.29, 1.82) is 10.5 Å². The maximum absolute atomic E-state index is 13.8. The molecule has 8 nitrogen and oxygen atoms in total. The summed E-state index contributed by atoms with van der Waals surface area (Å²) < 4.78 is 9.92. The summed E-state index contributed by atoms with van der Waals surface area (Å²) in [7, 11) is 0. The topological polar surface area (TPSA) is 120 Å². The number of anilines is 2. The fourth-order valence-corrected chi connectivity index (χ4v) is 4.08. The number of hydrogen-bond acceptors (Lipinski definition) is 7. The molecule has 0 spiro atoms. The molecule has 3 rings (SSSR count).